The normalized spacial score (nSPS) is 23.4. The predicted molar refractivity (Wildman–Crippen MR) is 77.7 cm³/mol. The maximum absolute atomic E-state index is 12.3. The van der Waals surface area contributed by atoms with E-state index >= 15 is 0 Å². The molecule has 2 heterocycles. The third-order valence-corrected chi connectivity index (χ3v) is 4.80. The number of nitrogens with two attached hydrogens (primary N) is 1. The summed E-state index contributed by atoms with van der Waals surface area (Å²) in [6.45, 7) is 3.20. The summed E-state index contributed by atoms with van der Waals surface area (Å²) in [6, 6.07) is 0.805. The molecule has 1 aromatic heterocycles. The van der Waals surface area contributed by atoms with Gasteiger partial charge in [-0.1, -0.05) is 0 Å². The molecule has 2 aliphatic rings. The molecule has 1 saturated carbocycles. The van der Waals surface area contributed by atoms with E-state index in [-0.39, 0.29) is 5.91 Å². The highest BCUT2D eigenvalue weighted by Crippen LogP contribution is 2.35. The zero-order chi connectivity index (χ0) is 13.4. The van der Waals surface area contributed by atoms with Gasteiger partial charge in [-0.15, -0.1) is 0 Å². The fourth-order valence-corrected chi connectivity index (χ4v) is 3.53. The second-order valence-corrected chi connectivity index (χ2v) is 6.29. The van der Waals surface area contributed by atoms with Crippen LogP contribution in [0.1, 0.15) is 49.4 Å². The lowest BCUT2D eigenvalue weighted by molar-refractivity contribution is 0.0952. The molecule has 0 aromatic carbocycles. The minimum atomic E-state index is -0.0541. The van der Waals surface area contributed by atoms with Gasteiger partial charge in [-0.25, -0.2) is 0 Å². The Hall–Kier alpha value is -1.30. The van der Waals surface area contributed by atoms with Crippen molar-refractivity contribution >= 4 is 28.3 Å². The second kappa shape index (κ2) is 5.00. The van der Waals surface area contributed by atoms with Gasteiger partial charge in [0.05, 0.1) is 0 Å². The highest BCUT2D eigenvalue weighted by molar-refractivity contribution is 7.11. The van der Waals surface area contributed by atoms with Gasteiger partial charge in [-0.3, -0.25) is 4.79 Å². The molecule has 1 amide bonds. The van der Waals surface area contributed by atoms with Gasteiger partial charge in [0.25, 0.3) is 5.91 Å². The van der Waals surface area contributed by atoms with Gasteiger partial charge in [-0.2, -0.15) is 4.37 Å². The number of hydrogen-bond donors (Lipinski definition) is 2. The lowest BCUT2D eigenvalue weighted by atomic mass is 10.0. The van der Waals surface area contributed by atoms with E-state index in [9.17, 15) is 4.79 Å². The molecule has 104 valence electrons. The molecule has 3 rings (SSSR count). The van der Waals surface area contributed by atoms with Crippen LogP contribution in [0, 0.1) is 0 Å². The lowest BCUT2D eigenvalue weighted by Gasteiger charge is -2.34. The summed E-state index contributed by atoms with van der Waals surface area (Å²) in [5.41, 5.74) is 6.49. The maximum Gasteiger partial charge on any atom is 0.258 e. The molecule has 1 aliphatic carbocycles. The van der Waals surface area contributed by atoms with Gasteiger partial charge < -0.3 is 16.0 Å². The molecule has 1 aromatic rings. The van der Waals surface area contributed by atoms with Gasteiger partial charge in [0.1, 0.15) is 10.6 Å². The second-order valence-electron chi connectivity index (χ2n) is 5.53. The summed E-state index contributed by atoms with van der Waals surface area (Å²) in [5.74, 6) is 0.317. The Morgan fingerprint density at radius 3 is 2.89 bits per heavy atom. The van der Waals surface area contributed by atoms with Gasteiger partial charge in [0, 0.05) is 18.6 Å². The van der Waals surface area contributed by atoms with E-state index in [2.05, 4.69) is 21.5 Å². The van der Waals surface area contributed by atoms with Crippen LogP contribution < -0.4 is 16.0 Å². The molecule has 3 N–H and O–H groups in total. The Morgan fingerprint density at radius 1 is 1.42 bits per heavy atom. The van der Waals surface area contributed by atoms with Crippen molar-refractivity contribution in [3.63, 3.8) is 0 Å². The van der Waals surface area contributed by atoms with Crippen LogP contribution in [-0.4, -0.2) is 28.9 Å². The van der Waals surface area contributed by atoms with Crippen molar-refractivity contribution in [2.75, 3.05) is 17.2 Å². The summed E-state index contributed by atoms with van der Waals surface area (Å²) in [5, 5.41) is 3.96. The largest absolute Gasteiger partial charge is 0.382 e. The van der Waals surface area contributed by atoms with Gasteiger partial charge in [-0.05, 0) is 50.6 Å². The quantitative estimate of drug-likeness (QED) is 0.888. The van der Waals surface area contributed by atoms with Crippen molar-refractivity contribution in [2.24, 2.45) is 0 Å². The van der Waals surface area contributed by atoms with Crippen LogP contribution in [0.15, 0.2) is 0 Å². The number of nitrogens with one attached hydrogen (secondary N) is 1. The standard InChI is InChI=1S/C13H20N4OS/c1-8-4-2-3-7-17(8)13-10(11(14)16-19-13)12(18)15-9-5-6-9/h8-9H,2-7H2,1H3,(H2,14,16)(H,15,18). The first-order valence-corrected chi connectivity index (χ1v) is 7.77. The number of aromatic nitrogens is 1. The summed E-state index contributed by atoms with van der Waals surface area (Å²) in [7, 11) is 0. The number of amides is 1. The summed E-state index contributed by atoms with van der Waals surface area (Å²) >= 11 is 1.35. The monoisotopic (exact) mass is 280 g/mol. The van der Waals surface area contributed by atoms with Crippen LogP contribution in [0.25, 0.3) is 0 Å². The van der Waals surface area contributed by atoms with E-state index in [1.54, 1.807) is 0 Å². The molecular formula is C13H20N4OS. The molecule has 0 bridgehead atoms. The van der Waals surface area contributed by atoms with E-state index in [0.717, 1.165) is 24.4 Å². The number of anilines is 2. The smallest absolute Gasteiger partial charge is 0.258 e. The average Bonchev–Trinajstić information content (AvgIpc) is 3.11. The molecule has 2 fully saturated rings. The number of rotatable bonds is 3. The molecule has 1 unspecified atom stereocenters. The fourth-order valence-electron chi connectivity index (χ4n) is 2.59. The van der Waals surface area contributed by atoms with E-state index in [4.69, 9.17) is 5.73 Å². The maximum atomic E-state index is 12.3. The number of carbonyl (C=O) groups excluding carboxylic acids is 1. The first-order chi connectivity index (χ1) is 9.16. The number of hydrogen-bond acceptors (Lipinski definition) is 5. The Balaban J connectivity index is 1.86. The number of piperidine rings is 1. The van der Waals surface area contributed by atoms with Gasteiger partial charge >= 0.3 is 0 Å². The summed E-state index contributed by atoms with van der Waals surface area (Å²) in [6.07, 6.45) is 5.76. The first-order valence-electron chi connectivity index (χ1n) is 6.99. The lowest BCUT2D eigenvalue weighted by Crippen LogP contribution is -2.38. The van der Waals surface area contributed by atoms with E-state index < -0.39 is 0 Å². The van der Waals surface area contributed by atoms with Crippen molar-refractivity contribution < 1.29 is 4.79 Å². The zero-order valence-electron chi connectivity index (χ0n) is 11.2. The number of nitrogens with zero attached hydrogens (tertiary/aromatic N) is 2. The predicted octanol–water partition coefficient (Wildman–Crippen LogP) is 2.00. The molecule has 1 atom stereocenters. The highest BCUT2D eigenvalue weighted by Gasteiger charge is 2.31. The van der Waals surface area contributed by atoms with Crippen LogP contribution >= 0.6 is 11.5 Å². The first kappa shape index (κ1) is 12.7. The van der Waals surface area contributed by atoms with Crippen LogP contribution in [0.4, 0.5) is 10.8 Å². The minimum absolute atomic E-state index is 0.0541. The third kappa shape index (κ3) is 2.54. The zero-order valence-corrected chi connectivity index (χ0v) is 12.0. The van der Waals surface area contributed by atoms with E-state index in [1.165, 1.54) is 30.8 Å². The Kier molecular flexibility index (Phi) is 3.35. The van der Waals surface area contributed by atoms with Crippen molar-refractivity contribution in [1.82, 2.24) is 9.69 Å². The molecule has 0 spiro atoms. The topological polar surface area (TPSA) is 71.2 Å². The molecule has 1 saturated heterocycles. The third-order valence-electron chi connectivity index (χ3n) is 3.90. The SMILES string of the molecule is CC1CCCCN1c1snc(N)c1C(=O)NC1CC1. The summed E-state index contributed by atoms with van der Waals surface area (Å²) < 4.78 is 4.19. The molecule has 0 radical (unpaired) electrons. The highest BCUT2D eigenvalue weighted by atomic mass is 32.1. The van der Waals surface area contributed by atoms with Crippen molar-refractivity contribution in [3.05, 3.63) is 5.56 Å². The van der Waals surface area contributed by atoms with Gasteiger partial charge in [0.15, 0.2) is 5.82 Å². The molecule has 5 nitrogen and oxygen atoms in total. The van der Waals surface area contributed by atoms with Crippen LogP contribution in [0.2, 0.25) is 0 Å². The minimum Gasteiger partial charge on any atom is -0.382 e. The molecule has 19 heavy (non-hydrogen) atoms. The summed E-state index contributed by atoms with van der Waals surface area (Å²) in [4.78, 5) is 14.6. The fraction of sp³-hybridized carbons (Fsp3) is 0.692. The molecular weight excluding hydrogens is 260 g/mol. The van der Waals surface area contributed by atoms with Gasteiger partial charge in [0.2, 0.25) is 0 Å². The average molecular weight is 280 g/mol. The van der Waals surface area contributed by atoms with Crippen LogP contribution in [0.3, 0.4) is 0 Å². The number of carbonyl (C=O) groups is 1. The Bertz CT molecular complexity index is 483. The molecule has 1 aliphatic heterocycles. The van der Waals surface area contributed by atoms with E-state index in [1.807, 2.05) is 0 Å². The Morgan fingerprint density at radius 2 is 2.21 bits per heavy atom. The van der Waals surface area contributed by atoms with Crippen molar-refractivity contribution in [2.45, 2.75) is 51.1 Å². The van der Waals surface area contributed by atoms with Crippen molar-refractivity contribution in [3.8, 4) is 0 Å². The number of nitrogen functional groups attached to an aromatic ring is 1. The Labute approximate surface area is 117 Å². The van der Waals surface area contributed by atoms with E-state index in [0.29, 0.717) is 23.5 Å². The van der Waals surface area contributed by atoms with Crippen LogP contribution in [0.5, 0.6) is 0 Å². The van der Waals surface area contributed by atoms with Crippen LogP contribution in [-0.2, 0) is 0 Å². The van der Waals surface area contributed by atoms with Crippen molar-refractivity contribution in [1.29, 1.82) is 0 Å². The molecule has 6 heteroatoms.